The van der Waals surface area contributed by atoms with E-state index in [9.17, 15) is 4.79 Å². The first-order valence-corrected chi connectivity index (χ1v) is 6.63. The van der Waals surface area contributed by atoms with Gasteiger partial charge in [-0.3, -0.25) is 4.79 Å². The molecule has 5 heteroatoms. The molecule has 0 fully saturated rings. The Balaban J connectivity index is 2.64. The van der Waals surface area contributed by atoms with Crippen LogP contribution in [0.15, 0.2) is 24.3 Å². The Bertz CT molecular complexity index is 441. The topological polar surface area (TPSA) is 73.6 Å². The van der Waals surface area contributed by atoms with Gasteiger partial charge in [-0.15, -0.1) is 0 Å². The molecule has 0 aromatic heterocycles. The van der Waals surface area contributed by atoms with E-state index in [0.717, 1.165) is 0 Å². The number of amides is 1. The highest BCUT2D eigenvalue weighted by Crippen LogP contribution is 2.21. The average Bonchev–Trinajstić information content (AvgIpc) is 2.37. The van der Waals surface area contributed by atoms with Gasteiger partial charge in [0.15, 0.2) is 0 Å². The maximum atomic E-state index is 12.0. The molecule has 1 rings (SSSR count). The first-order chi connectivity index (χ1) is 9.34. The van der Waals surface area contributed by atoms with E-state index in [1.165, 1.54) is 0 Å². The second kappa shape index (κ2) is 7.26. The SMILES string of the molecule is COCCOc1cccc(NC(=O)[C@@H](N)C(C)(C)C)c1. The number of hydrogen-bond acceptors (Lipinski definition) is 4. The summed E-state index contributed by atoms with van der Waals surface area (Å²) in [6.45, 7) is 6.78. The van der Waals surface area contributed by atoms with Gasteiger partial charge in [0.2, 0.25) is 5.91 Å². The highest BCUT2D eigenvalue weighted by molar-refractivity contribution is 5.95. The fraction of sp³-hybridized carbons (Fsp3) is 0.533. The van der Waals surface area contributed by atoms with Crippen molar-refractivity contribution in [1.29, 1.82) is 0 Å². The van der Waals surface area contributed by atoms with Crippen molar-refractivity contribution < 1.29 is 14.3 Å². The van der Waals surface area contributed by atoms with Crippen LogP contribution in [0, 0.1) is 5.41 Å². The smallest absolute Gasteiger partial charge is 0.241 e. The summed E-state index contributed by atoms with van der Waals surface area (Å²) in [5.74, 6) is 0.482. The fourth-order valence-corrected chi connectivity index (χ4v) is 1.52. The summed E-state index contributed by atoms with van der Waals surface area (Å²) >= 11 is 0. The van der Waals surface area contributed by atoms with Gasteiger partial charge in [-0.1, -0.05) is 26.8 Å². The van der Waals surface area contributed by atoms with Crippen molar-refractivity contribution in [2.24, 2.45) is 11.1 Å². The maximum Gasteiger partial charge on any atom is 0.241 e. The summed E-state index contributed by atoms with van der Waals surface area (Å²) in [6.07, 6.45) is 0. The highest BCUT2D eigenvalue weighted by atomic mass is 16.5. The van der Waals surface area contributed by atoms with Crippen LogP contribution in [0.5, 0.6) is 5.75 Å². The zero-order chi connectivity index (χ0) is 15.2. The van der Waals surface area contributed by atoms with E-state index < -0.39 is 6.04 Å². The molecule has 0 radical (unpaired) electrons. The molecule has 0 aliphatic rings. The minimum atomic E-state index is -0.569. The molecule has 1 aromatic carbocycles. The van der Waals surface area contributed by atoms with Crippen molar-refractivity contribution >= 4 is 11.6 Å². The predicted molar refractivity (Wildman–Crippen MR) is 79.9 cm³/mol. The predicted octanol–water partition coefficient (Wildman–Crippen LogP) is 2.02. The van der Waals surface area contributed by atoms with Crippen LogP contribution in [0.4, 0.5) is 5.69 Å². The molecule has 1 amide bonds. The molecule has 1 atom stereocenters. The van der Waals surface area contributed by atoms with Gasteiger partial charge in [-0.2, -0.15) is 0 Å². The van der Waals surface area contributed by atoms with Crippen LogP contribution >= 0.6 is 0 Å². The summed E-state index contributed by atoms with van der Waals surface area (Å²) < 4.78 is 10.4. The fourth-order valence-electron chi connectivity index (χ4n) is 1.52. The maximum absolute atomic E-state index is 12.0. The number of nitrogens with one attached hydrogen (secondary N) is 1. The van der Waals surface area contributed by atoms with E-state index in [0.29, 0.717) is 24.7 Å². The average molecular weight is 280 g/mol. The molecule has 5 nitrogen and oxygen atoms in total. The van der Waals surface area contributed by atoms with E-state index in [-0.39, 0.29) is 11.3 Å². The molecule has 0 aliphatic carbocycles. The highest BCUT2D eigenvalue weighted by Gasteiger charge is 2.27. The summed E-state index contributed by atoms with van der Waals surface area (Å²) in [5.41, 5.74) is 6.31. The normalized spacial score (nSPS) is 12.8. The van der Waals surface area contributed by atoms with Crippen LogP contribution < -0.4 is 15.8 Å². The van der Waals surface area contributed by atoms with Crippen molar-refractivity contribution in [3.8, 4) is 5.75 Å². The summed E-state index contributed by atoms with van der Waals surface area (Å²) in [7, 11) is 1.62. The van der Waals surface area contributed by atoms with Gasteiger partial charge in [0, 0.05) is 18.9 Å². The van der Waals surface area contributed by atoms with Gasteiger partial charge < -0.3 is 20.5 Å². The first-order valence-electron chi connectivity index (χ1n) is 6.63. The lowest BCUT2D eigenvalue weighted by Gasteiger charge is -2.25. The van der Waals surface area contributed by atoms with Gasteiger partial charge in [0.1, 0.15) is 12.4 Å². The van der Waals surface area contributed by atoms with Crippen LogP contribution in [-0.2, 0) is 9.53 Å². The Morgan fingerprint density at radius 1 is 1.35 bits per heavy atom. The van der Waals surface area contributed by atoms with E-state index in [2.05, 4.69) is 5.32 Å². The third kappa shape index (κ3) is 5.19. The number of ether oxygens (including phenoxy) is 2. The molecule has 0 heterocycles. The second-order valence-corrected chi connectivity index (χ2v) is 5.70. The molecular formula is C15H24N2O3. The monoisotopic (exact) mass is 280 g/mol. The summed E-state index contributed by atoms with van der Waals surface area (Å²) in [4.78, 5) is 12.0. The zero-order valence-electron chi connectivity index (χ0n) is 12.6. The number of hydrogen-bond donors (Lipinski definition) is 2. The lowest BCUT2D eigenvalue weighted by molar-refractivity contribution is -0.119. The first kappa shape index (κ1) is 16.5. The Hall–Kier alpha value is -1.59. The van der Waals surface area contributed by atoms with Crippen LogP contribution in [0.3, 0.4) is 0 Å². The third-order valence-electron chi connectivity index (χ3n) is 2.87. The molecular weight excluding hydrogens is 256 g/mol. The summed E-state index contributed by atoms with van der Waals surface area (Å²) in [6, 6.07) is 6.65. The molecule has 3 N–H and O–H groups in total. The third-order valence-corrected chi connectivity index (χ3v) is 2.87. The second-order valence-electron chi connectivity index (χ2n) is 5.70. The zero-order valence-corrected chi connectivity index (χ0v) is 12.6. The van der Waals surface area contributed by atoms with E-state index in [1.807, 2.05) is 32.9 Å². The quantitative estimate of drug-likeness (QED) is 0.782. The van der Waals surface area contributed by atoms with Crippen molar-refractivity contribution in [2.45, 2.75) is 26.8 Å². The molecule has 0 saturated heterocycles. The number of rotatable bonds is 6. The van der Waals surface area contributed by atoms with Gasteiger partial charge >= 0.3 is 0 Å². The Morgan fingerprint density at radius 2 is 2.05 bits per heavy atom. The number of nitrogens with two attached hydrogens (primary N) is 1. The van der Waals surface area contributed by atoms with Crippen molar-refractivity contribution in [1.82, 2.24) is 0 Å². The molecule has 112 valence electrons. The number of anilines is 1. The molecule has 0 unspecified atom stereocenters. The lowest BCUT2D eigenvalue weighted by atomic mass is 9.87. The molecule has 20 heavy (non-hydrogen) atoms. The Labute approximate surface area is 120 Å². The van der Waals surface area contributed by atoms with Crippen LogP contribution in [0.1, 0.15) is 20.8 Å². The van der Waals surface area contributed by atoms with Crippen LogP contribution in [-0.4, -0.2) is 32.3 Å². The van der Waals surface area contributed by atoms with Gasteiger partial charge in [0.25, 0.3) is 0 Å². The largest absolute Gasteiger partial charge is 0.491 e. The summed E-state index contributed by atoms with van der Waals surface area (Å²) in [5, 5.41) is 2.80. The van der Waals surface area contributed by atoms with Crippen molar-refractivity contribution in [2.75, 3.05) is 25.6 Å². The molecule has 0 bridgehead atoms. The Morgan fingerprint density at radius 3 is 2.65 bits per heavy atom. The number of carbonyl (C=O) groups is 1. The molecule has 1 aromatic rings. The Kier molecular flexibility index (Phi) is 5.98. The van der Waals surface area contributed by atoms with Gasteiger partial charge in [-0.05, 0) is 17.5 Å². The van der Waals surface area contributed by atoms with E-state index in [1.54, 1.807) is 19.2 Å². The molecule has 0 saturated carbocycles. The van der Waals surface area contributed by atoms with E-state index in [4.69, 9.17) is 15.2 Å². The standard InChI is InChI=1S/C15H24N2O3/c1-15(2,3)13(16)14(18)17-11-6-5-7-12(10-11)20-9-8-19-4/h5-7,10,13H,8-9,16H2,1-4H3,(H,17,18)/t13-/m1/s1. The van der Waals surface area contributed by atoms with Crippen molar-refractivity contribution in [3.63, 3.8) is 0 Å². The minimum Gasteiger partial charge on any atom is -0.491 e. The number of methoxy groups -OCH3 is 1. The number of carbonyl (C=O) groups excluding carboxylic acids is 1. The van der Waals surface area contributed by atoms with Gasteiger partial charge in [0.05, 0.1) is 12.6 Å². The minimum absolute atomic E-state index is 0.202. The number of benzene rings is 1. The van der Waals surface area contributed by atoms with Gasteiger partial charge in [-0.25, -0.2) is 0 Å². The lowest BCUT2D eigenvalue weighted by Crippen LogP contribution is -2.45. The van der Waals surface area contributed by atoms with Crippen LogP contribution in [0.25, 0.3) is 0 Å². The molecule has 0 spiro atoms. The van der Waals surface area contributed by atoms with Crippen LogP contribution in [0.2, 0.25) is 0 Å². The van der Waals surface area contributed by atoms with E-state index >= 15 is 0 Å². The molecule has 0 aliphatic heterocycles. The van der Waals surface area contributed by atoms with Crippen molar-refractivity contribution in [3.05, 3.63) is 24.3 Å².